The van der Waals surface area contributed by atoms with Gasteiger partial charge >= 0.3 is 0 Å². The minimum absolute atomic E-state index is 0.139. The van der Waals surface area contributed by atoms with Gasteiger partial charge in [0, 0.05) is 20.3 Å². The van der Waals surface area contributed by atoms with Crippen LogP contribution in [0.15, 0.2) is 40.4 Å². The molecule has 0 spiro atoms. The van der Waals surface area contributed by atoms with Gasteiger partial charge in [-0.15, -0.1) is 11.8 Å². The molecule has 0 saturated carbocycles. The highest BCUT2D eigenvalue weighted by Gasteiger charge is 2.25. The Kier molecular flexibility index (Phi) is 2.77. The first-order valence-electron chi connectivity index (χ1n) is 4.69. The Morgan fingerprint density at radius 1 is 1.47 bits per heavy atom. The number of aliphatic imine (C=N–C) groups is 1. The van der Waals surface area contributed by atoms with Crippen molar-refractivity contribution in [2.24, 2.45) is 4.99 Å². The lowest BCUT2D eigenvalue weighted by Crippen LogP contribution is -2.23. The van der Waals surface area contributed by atoms with Crippen molar-refractivity contribution in [3.8, 4) is 0 Å². The van der Waals surface area contributed by atoms with Gasteiger partial charge in [-0.2, -0.15) is 0 Å². The second-order valence-corrected chi connectivity index (χ2v) is 4.76. The zero-order chi connectivity index (χ0) is 10.8. The third kappa shape index (κ3) is 2.21. The van der Waals surface area contributed by atoms with Crippen molar-refractivity contribution < 1.29 is 4.79 Å². The average Bonchev–Trinajstić information content (AvgIpc) is 2.18. The molecule has 0 aromatic carbocycles. The van der Waals surface area contributed by atoms with Gasteiger partial charge in [0.25, 0.3) is 5.91 Å². The third-order valence-corrected chi connectivity index (χ3v) is 3.21. The molecule has 2 aliphatic rings. The van der Waals surface area contributed by atoms with E-state index in [4.69, 9.17) is 0 Å². The molecule has 0 bridgehead atoms. The highest BCUT2D eigenvalue weighted by atomic mass is 32.2. The number of thioether (sulfide) groups is 1. The average molecular weight is 220 g/mol. The molecule has 0 aromatic rings. The molecule has 0 saturated heterocycles. The lowest BCUT2D eigenvalue weighted by Gasteiger charge is -2.21. The summed E-state index contributed by atoms with van der Waals surface area (Å²) in [5.41, 5.74) is 0.850. The Bertz CT molecular complexity index is 405. The summed E-state index contributed by atoms with van der Waals surface area (Å²) < 4.78 is 0. The van der Waals surface area contributed by atoms with Crippen LogP contribution in [-0.2, 0) is 4.79 Å². The first-order valence-corrected chi connectivity index (χ1v) is 5.57. The van der Waals surface area contributed by atoms with Gasteiger partial charge in [-0.25, -0.2) is 4.99 Å². The molecule has 2 rings (SSSR count). The summed E-state index contributed by atoms with van der Waals surface area (Å²) in [5, 5.41) is 0.193. The number of rotatable bonds is 1. The van der Waals surface area contributed by atoms with E-state index in [1.807, 2.05) is 43.4 Å². The van der Waals surface area contributed by atoms with Crippen LogP contribution in [0.5, 0.6) is 0 Å². The van der Waals surface area contributed by atoms with E-state index in [9.17, 15) is 4.79 Å². The Morgan fingerprint density at radius 2 is 2.27 bits per heavy atom. The van der Waals surface area contributed by atoms with E-state index < -0.39 is 0 Å². The number of carbonyl (C=O) groups excluding carboxylic acids is 1. The molecule has 3 nitrogen and oxygen atoms in total. The molecule has 0 aromatic heterocycles. The molecular formula is C11H12N2OS. The maximum Gasteiger partial charge on any atom is 0.285 e. The summed E-state index contributed by atoms with van der Waals surface area (Å²) in [6.45, 7) is 0. The number of hydrogen-bond acceptors (Lipinski definition) is 3. The fourth-order valence-corrected chi connectivity index (χ4v) is 2.51. The summed E-state index contributed by atoms with van der Waals surface area (Å²) in [6.07, 6.45) is 9.66. The minimum atomic E-state index is -0.139. The molecule has 1 atom stereocenters. The SMILES string of the molecule is CN(C)/C=C1/SC2C=CC=CC2=NC1=O. The van der Waals surface area contributed by atoms with Crippen molar-refractivity contribution in [3.63, 3.8) is 0 Å². The van der Waals surface area contributed by atoms with E-state index in [1.165, 1.54) is 0 Å². The molecule has 15 heavy (non-hydrogen) atoms. The zero-order valence-corrected chi connectivity index (χ0v) is 9.49. The molecule has 0 fully saturated rings. The maximum atomic E-state index is 11.6. The van der Waals surface area contributed by atoms with Crippen LogP contribution in [-0.4, -0.2) is 35.9 Å². The number of nitrogens with zero attached hydrogens (tertiary/aromatic N) is 2. The number of amides is 1. The maximum absolute atomic E-state index is 11.6. The van der Waals surface area contributed by atoms with E-state index in [1.54, 1.807) is 11.8 Å². The molecule has 4 heteroatoms. The van der Waals surface area contributed by atoms with Gasteiger partial charge in [0.1, 0.15) is 0 Å². The molecule has 0 N–H and O–H groups in total. The molecule has 1 heterocycles. The van der Waals surface area contributed by atoms with Gasteiger partial charge in [-0.05, 0) is 6.08 Å². The minimum Gasteiger partial charge on any atom is -0.382 e. The molecule has 0 radical (unpaired) electrons. The van der Waals surface area contributed by atoms with Crippen LogP contribution in [0.4, 0.5) is 0 Å². The largest absolute Gasteiger partial charge is 0.382 e. The highest BCUT2D eigenvalue weighted by molar-refractivity contribution is 8.05. The Morgan fingerprint density at radius 3 is 3.00 bits per heavy atom. The third-order valence-electron chi connectivity index (χ3n) is 2.03. The smallest absolute Gasteiger partial charge is 0.285 e. The summed E-state index contributed by atoms with van der Waals surface area (Å²) in [5.74, 6) is -0.139. The van der Waals surface area contributed by atoms with Crippen LogP contribution in [0.1, 0.15) is 0 Å². The quantitative estimate of drug-likeness (QED) is 0.629. The molecule has 1 unspecified atom stereocenters. The fourth-order valence-electron chi connectivity index (χ4n) is 1.39. The lowest BCUT2D eigenvalue weighted by molar-refractivity contribution is -0.113. The van der Waals surface area contributed by atoms with E-state index in [-0.39, 0.29) is 11.2 Å². The van der Waals surface area contributed by atoms with Crippen LogP contribution in [0.2, 0.25) is 0 Å². The van der Waals surface area contributed by atoms with Crippen LogP contribution in [0, 0.1) is 0 Å². The number of hydrogen-bond donors (Lipinski definition) is 0. The van der Waals surface area contributed by atoms with Crippen molar-refractivity contribution in [2.45, 2.75) is 5.25 Å². The molecule has 78 valence electrons. The summed E-state index contributed by atoms with van der Waals surface area (Å²) in [6, 6.07) is 0. The fraction of sp³-hybridized carbons (Fsp3) is 0.273. The normalized spacial score (nSPS) is 26.5. The van der Waals surface area contributed by atoms with Gasteiger partial charge in [0.2, 0.25) is 0 Å². The first kappa shape index (κ1) is 10.2. The van der Waals surface area contributed by atoms with Crippen molar-refractivity contribution in [1.82, 2.24) is 4.90 Å². The molecule has 1 aliphatic carbocycles. The topological polar surface area (TPSA) is 32.7 Å². The Labute approximate surface area is 93.2 Å². The predicted octanol–water partition coefficient (Wildman–Crippen LogP) is 1.60. The van der Waals surface area contributed by atoms with Crippen LogP contribution >= 0.6 is 11.8 Å². The van der Waals surface area contributed by atoms with Gasteiger partial charge in [0.05, 0.1) is 15.9 Å². The van der Waals surface area contributed by atoms with Gasteiger partial charge < -0.3 is 4.90 Å². The Hall–Kier alpha value is -1.29. The van der Waals surface area contributed by atoms with Crippen molar-refractivity contribution in [2.75, 3.05) is 14.1 Å². The molecule has 1 aliphatic heterocycles. The predicted molar refractivity (Wildman–Crippen MR) is 63.9 cm³/mol. The zero-order valence-electron chi connectivity index (χ0n) is 8.68. The second kappa shape index (κ2) is 4.06. The van der Waals surface area contributed by atoms with E-state index in [0.717, 1.165) is 5.71 Å². The Balaban J connectivity index is 2.30. The summed E-state index contributed by atoms with van der Waals surface area (Å²) in [4.78, 5) is 18.3. The van der Waals surface area contributed by atoms with Crippen LogP contribution in [0.3, 0.4) is 0 Å². The number of allylic oxidation sites excluding steroid dienone is 3. The van der Waals surface area contributed by atoms with Gasteiger partial charge in [0.15, 0.2) is 0 Å². The summed E-state index contributed by atoms with van der Waals surface area (Å²) in [7, 11) is 3.80. The van der Waals surface area contributed by atoms with E-state index >= 15 is 0 Å². The molecular weight excluding hydrogens is 208 g/mol. The standard InChI is InChI=1S/C11H12N2OS/c1-13(2)7-10-11(14)12-8-5-3-4-6-9(8)15-10/h3-7,9H,1-2H3/b10-7+. The first-order chi connectivity index (χ1) is 7.16. The van der Waals surface area contributed by atoms with Gasteiger partial charge in [-0.3, -0.25) is 4.79 Å². The molecule has 1 amide bonds. The van der Waals surface area contributed by atoms with Gasteiger partial charge in [-0.1, -0.05) is 18.2 Å². The van der Waals surface area contributed by atoms with Crippen molar-refractivity contribution in [3.05, 3.63) is 35.4 Å². The van der Waals surface area contributed by atoms with E-state index in [2.05, 4.69) is 11.1 Å². The lowest BCUT2D eigenvalue weighted by atomic mass is 10.1. The van der Waals surface area contributed by atoms with Crippen molar-refractivity contribution in [1.29, 1.82) is 0 Å². The summed E-state index contributed by atoms with van der Waals surface area (Å²) >= 11 is 1.55. The number of fused-ring (bicyclic) bond motifs is 1. The van der Waals surface area contributed by atoms with Crippen LogP contribution < -0.4 is 0 Å². The number of carbonyl (C=O) groups is 1. The van der Waals surface area contributed by atoms with Crippen molar-refractivity contribution >= 4 is 23.4 Å². The highest BCUT2D eigenvalue weighted by Crippen LogP contribution is 2.31. The van der Waals surface area contributed by atoms with Crippen LogP contribution in [0.25, 0.3) is 0 Å². The second-order valence-electron chi connectivity index (χ2n) is 3.58. The monoisotopic (exact) mass is 220 g/mol. The van der Waals surface area contributed by atoms with E-state index in [0.29, 0.717) is 4.91 Å².